The first-order chi connectivity index (χ1) is 0. The van der Waals surface area contributed by atoms with E-state index in [0.717, 1.165) is 0 Å². The van der Waals surface area contributed by atoms with E-state index in [2.05, 4.69) is 0 Å². The molecule has 0 aliphatic heterocycles. The first-order valence-corrected chi connectivity index (χ1v) is 0. The Labute approximate surface area is 91.0 Å². The van der Waals surface area contributed by atoms with Crippen molar-refractivity contribution >= 4 is 37.2 Å². The van der Waals surface area contributed by atoms with E-state index in [0.29, 0.717) is 0 Å². The minimum absolute atomic E-state index is 0. The van der Waals surface area contributed by atoms with E-state index in [1.807, 2.05) is 0 Å². The van der Waals surface area contributed by atoms with Gasteiger partial charge < -0.3 is 36.9 Å². The molecule has 0 aromatic heterocycles. The van der Waals surface area contributed by atoms with E-state index in [-0.39, 0.29) is 90.9 Å². The summed E-state index contributed by atoms with van der Waals surface area (Å²) >= 11 is 0. The maximum atomic E-state index is 0. The minimum atomic E-state index is 0. The van der Waals surface area contributed by atoms with Crippen LogP contribution in [0.25, 0.3) is 36.9 Å². The largest absolute Gasteiger partial charge is 0.693 e. The predicted molar refractivity (Wildman–Crippen MR) is 53.5 cm³/mol. The molecule has 0 atom stereocenters. The van der Waals surface area contributed by atoms with Crippen LogP contribution in [0.4, 0.5) is 0 Å². The summed E-state index contributed by atoms with van der Waals surface area (Å²) in [7, 11) is 0. The average Bonchev–Trinajstić information content (AvgIpc) is 0. The maximum Gasteiger partial charge on any atom is 0 e. The molecule has 0 unspecified atom stereocenters. The standard InChI is InChI=1S/3ClH.Co.6H2N/h3*1H;;6*1H2/q;;;;6*-1. The zero-order valence-corrected chi connectivity index (χ0v) is 8.51. The van der Waals surface area contributed by atoms with Crippen LogP contribution in [0, 0.1) is 0 Å². The molecular weight excluding hydrogens is 249 g/mol. The van der Waals surface area contributed by atoms with Gasteiger partial charge in [0.2, 0.25) is 0 Å². The van der Waals surface area contributed by atoms with Gasteiger partial charge in [0.1, 0.15) is 0 Å². The van der Waals surface area contributed by atoms with Gasteiger partial charge in [-0.2, -0.15) is 0 Å². The fraction of sp³-hybridized carbons (Fsp3) is 0. The Morgan fingerprint density at radius 3 is 0.300 bits per heavy atom. The van der Waals surface area contributed by atoms with Crippen LogP contribution in [0.1, 0.15) is 0 Å². The van der Waals surface area contributed by atoms with Crippen molar-refractivity contribution in [3.8, 4) is 0 Å². The molecule has 0 aliphatic rings. The Balaban J connectivity index is 0. The third kappa shape index (κ3) is 468. The van der Waals surface area contributed by atoms with Crippen LogP contribution in [0.2, 0.25) is 0 Å². The molecule has 12 N–H and O–H groups in total. The molecule has 0 saturated carbocycles. The van der Waals surface area contributed by atoms with Crippen molar-refractivity contribution in [3.63, 3.8) is 0 Å². The third-order valence-electron chi connectivity index (χ3n) is 0. The summed E-state index contributed by atoms with van der Waals surface area (Å²) in [6.45, 7) is 0. The van der Waals surface area contributed by atoms with Gasteiger partial charge in [0.05, 0.1) is 0 Å². The summed E-state index contributed by atoms with van der Waals surface area (Å²) in [5.41, 5.74) is 0. The summed E-state index contributed by atoms with van der Waals surface area (Å²) in [5.74, 6) is 0. The third-order valence-corrected chi connectivity index (χ3v) is 0. The van der Waals surface area contributed by atoms with Gasteiger partial charge in [0.25, 0.3) is 0 Å². The molecule has 10 heavy (non-hydrogen) atoms. The second-order valence-electron chi connectivity index (χ2n) is 0. The molecule has 0 aromatic carbocycles. The van der Waals surface area contributed by atoms with Gasteiger partial charge in [-0.1, -0.05) is 0 Å². The van der Waals surface area contributed by atoms with Crippen molar-refractivity contribution < 1.29 is 16.8 Å². The van der Waals surface area contributed by atoms with E-state index in [1.165, 1.54) is 0 Å². The normalized spacial score (nSPS) is 0. The summed E-state index contributed by atoms with van der Waals surface area (Å²) in [6, 6.07) is 0. The molecule has 1 radical (unpaired) electrons. The van der Waals surface area contributed by atoms with Crippen LogP contribution in [0.15, 0.2) is 0 Å². The van der Waals surface area contributed by atoms with Crippen LogP contribution >= 0.6 is 37.2 Å². The average molecular weight is 264 g/mol. The Bertz CT molecular complexity index is 13.0. The Morgan fingerprint density at radius 2 is 0.300 bits per heavy atom. The fourth-order valence-electron chi connectivity index (χ4n) is 0. The van der Waals surface area contributed by atoms with Gasteiger partial charge in [0.15, 0.2) is 0 Å². The van der Waals surface area contributed by atoms with E-state index in [9.17, 15) is 0 Å². The van der Waals surface area contributed by atoms with Crippen LogP contribution < -0.4 is 0 Å². The molecule has 0 rings (SSSR count). The second-order valence-corrected chi connectivity index (χ2v) is 0. The smallest absolute Gasteiger partial charge is 0 e. The van der Waals surface area contributed by atoms with Crippen molar-refractivity contribution in [2.24, 2.45) is 0 Å². The summed E-state index contributed by atoms with van der Waals surface area (Å²) in [6.07, 6.45) is 0. The summed E-state index contributed by atoms with van der Waals surface area (Å²) < 4.78 is 0. The van der Waals surface area contributed by atoms with Crippen LogP contribution in [0.5, 0.6) is 0 Å². The molecule has 0 saturated heterocycles. The van der Waals surface area contributed by atoms with Crippen molar-refractivity contribution in [2.45, 2.75) is 0 Å². The molecule has 6 nitrogen and oxygen atoms in total. The quantitative estimate of drug-likeness (QED) is 0.526. The van der Waals surface area contributed by atoms with Crippen LogP contribution in [0.3, 0.4) is 0 Å². The van der Waals surface area contributed by atoms with Crippen molar-refractivity contribution in [1.29, 1.82) is 0 Å². The molecule has 81 valence electrons. The Hall–Kier alpha value is 1.14. The summed E-state index contributed by atoms with van der Waals surface area (Å²) in [4.78, 5) is 0. The number of nitrogens with two attached hydrogens (primary N) is 6. The zero-order valence-electron chi connectivity index (χ0n) is 5.02. The van der Waals surface area contributed by atoms with Gasteiger partial charge in [-0.25, -0.2) is 0 Å². The maximum absolute atomic E-state index is 0. The van der Waals surface area contributed by atoms with E-state index in [1.54, 1.807) is 0 Å². The zero-order chi connectivity index (χ0) is 0. The van der Waals surface area contributed by atoms with Crippen molar-refractivity contribution in [1.82, 2.24) is 0 Å². The van der Waals surface area contributed by atoms with Gasteiger partial charge >= 0.3 is 0 Å². The Kier molecular flexibility index (Phi) is 58000. The molecule has 0 bridgehead atoms. The van der Waals surface area contributed by atoms with E-state index in [4.69, 9.17) is 0 Å². The van der Waals surface area contributed by atoms with E-state index < -0.39 is 0 Å². The number of rotatable bonds is 0. The number of hydrogen-bond acceptors (Lipinski definition) is 0. The van der Waals surface area contributed by atoms with Gasteiger partial charge in [-0.05, 0) is 0 Å². The first kappa shape index (κ1) is 886. The van der Waals surface area contributed by atoms with Gasteiger partial charge in [-0.15, -0.1) is 37.2 Å². The Morgan fingerprint density at radius 1 is 0.300 bits per heavy atom. The molecule has 0 amide bonds. The van der Waals surface area contributed by atoms with Gasteiger partial charge in [0, 0.05) is 16.8 Å². The molecule has 0 aromatic rings. The molecule has 0 fully saturated rings. The molecule has 0 heterocycles. The van der Waals surface area contributed by atoms with Crippen LogP contribution in [-0.4, -0.2) is 0 Å². The minimum Gasteiger partial charge on any atom is -0.693 e. The van der Waals surface area contributed by atoms with Gasteiger partial charge in [-0.3, -0.25) is 0 Å². The van der Waals surface area contributed by atoms with Crippen LogP contribution in [-0.2, 0) is 16.8 Å². The van der Waals surface area contributed by atoms with E-state index >= 15 is 0 Å². The first-order valence-electron chi connectivity index (χ1n) is 0. The monoisotopic (exact) mass is 263 g/mol. The number of halogens is 3. The molecule has 0 aliphatic carbocycles. The second kappa shape index (κ2) is 655. The SMILES string of the molecule is Cl.Cl.Cl.[Co].[NH2-].[NH2-].[NH2-].[NH2-].[NH2-].[NH2-]. The predicted octanol–water partition coefficient (Wildman–Crippen LogP) is 5.57. The fourth-order valence-corrected chi connectivity index (χ4v) is 0. The number of hydrogen-bond donors (Lipinski definition) is 0. The molecule has 10 heteroatoms. The van der Waals surface area contributed by atoms with Crippen molar-refractivity contribution in [2.75, 3.05) is 0 Å². The summed E-state index contributed by atoms with van der Waals surface area (Å²) in [5, 5.41) is 0. The topological polar surface area (TPSA) is 201 Å². The molecular formula is H15Cl3CoN6-6. The molecule has 0 spiro atoms. The van der Waals surface area contributed by atoms with Crippen molar-refractivity contribution in [3.05, 3.63) is 36.9 Å².